The van der Waals surface area contributed by atoms with Crippen LogP contribution < -0.4 is 28.3 Å². The van der Waals surface area contributed by atoms with Gasteiger partial charge in [0.2, 0.25) is 11.8 Å². The maximum absolute atomic E-state index is 14.4. The molecule has 0 saturated heterocycles. The lowest BCUT2D eigenvalue weighted by molar-refractivity contribution is -0.141. The molecule has 0 bridgehead atoms. The highest BCUT2D eigenvalue weighted by Gasteiger charge is 2.34. The molecule has 39 heavy (non-hydrogen) atoms. The van der Waals surface area contributed by atoms with Crippen LogP contribution in [0.1, 0.15) is 41.0 Å². The van der Waals surface area contributed by atoms with Gasteiger partial charge >= 0.3 is 6.03 Å². The molecule has 3 rings (SSSR count). The number of hydrogen-bond donors (Lipinski definition) is 5. The number of nitrogens with two attached hydrogens (primary N) is 4. The summed E-state index contributed by atoms with van der Waals surface area (Å²) in [4.78, 5) is 43.9. The summed E-state index contributed by atoms with van der Waals surface area (Å²) in [7, 11) is 0. The van der Waals surface area contributed by atoms with Crippen molar-refractivity contribution in [3.63, 3.8) is 0 Å². The van der Waals surface area contributed by atoms with E-state index in [0.29, 0.717) is 13.0 Å². The lowest BCUT2D eigenvalue weighted by Gasteiger charge is -2.33. The van der Waals surface area contributed by atoms with Crippen molar-refractivity contribution >= 4 is 23.8 Å². The number of carbonyl (C=O) groups excluding carboxylic acids is 3. The second-order valence-electron chi connectivity index (χ2n) is 9.13. The number of aliphatic imine (C=N–C) groups is 1. The number of nitrogens with zero attached hydrogens (tertiary/aromatic N) is 2. The van der Waals surface area contributed by atoms with Gasteiger partial charge in [-0.05, 0) is 35.1 Å². The Bertz CT molecular complexity index is 1240. The Morgan fingerprint density at radius 3 is 1.92 bits per heavy atom. The summed E-state index contributed by atoms with van der Waals surface area (Å²) in [6, 6.07) is 24.6. The van der Waals surface area contributed by atoms with E-state index in [1.165, 1.54) is 4.90 Å². The maximum Gasteiger partial charge on any atom is 0.312 e. The molecule has 0 aromatic heterocycles. The Kier molecular flexibility index (Phi) is 10.4. The number of benzene rings is 3. The minimum absolute atomic E-state index is 0.0480. The molecule has 0 radical (unpaired) electrons. The summed E-state index contributed by atoms with van der Waals surface area (Å²) < 4.78 is 0. The number of carbonyl (C=O) groups is 3. The Morgan fingerprint density at radius 2 is 1.38 bits per heavy atom. The first-order valence-electron chi connectivity index (χ1n) is 12.6. The van der Waals surface area contributed by atoms with Crippen molar-refractivity contribution in [1.29, 1.82) is 0 Å². The van der Waals surface area contributed by atoms with E-state index in [2.05, 4.69) is 10.3 Å². The minimum Gasteiger partial charge on any atom is -0.370 e. The number of guanidine groups is 1. The molecule has 0 heterocycles. The number of hydrogen-bond acceptors (Lipinski definition) is 4. The zero-order valence-electron chi connectivity index (χ0n) is 21.7. The summed E-state index contributed by atoms with van der Waals surface area (Å²) in [5.41, 5.74) is 25.1. The predicted molar refractivity (Wildman–Crippen MR) is 151 cm³/mol. The fraction of sp³-hybridized carbons (Fsp3) is 0.241. The smallest absolute Gasteiger partial charge is 0.312 e. The Balaban J connectivity index is 2.02. The second kappa shape index (κ2) is 14.2. The first-order chi connectivity index (χ1) is 18.8. The summed E-state index contributed by atoms with van der Waals surface area (Å²) in [5, 5.41) is 2.56. The van der Waals surface area contributed by atoms with Crippen LogP contribution in [-0.2, 0) is 22.7 Å². The van der Waals surface area contributed by atoms with Gasteiger partial charge < -0.3 is 33.2 Å². The average molecular weight is 530 g/mol. The number of amides is 4. The number of urea groups is 1. The van der Waals surface area contributed by atoms with Crippen LogP contribution in [0, 0.1) is 0 Å². The lowest BCUT2D eigenvalue weighted by Crippen LogP contribution is -2.49. The van der Waals surface area contributed by atoms with E-state index >= 15 is 0 Å². The third-order valence-corrected chi connectivity index (χ3v) is 6.24. The van der Waals surface area contributed by atoms with Gasteiger partial charge in [-0.15, -0.1) is 0 Å². The summed E-state index contributed by atoms with van der Waals surface area (Å²) in [6.45, 7) is 0.643. The quantitative estimate of drug-likeness (QED) is 0.128. The number of primary amides is 2. The molecule has 204 valence electrons. The van der Waals surface area contributed by atoms with E-state index < -0.39 is 23.9 Å². The van der Waals surface area contributed by atoms with Crippen molar-refractivity contribution in [1.82, 2.24) is 10.2 Å². The predicted octanol–water partition coefficient (Wildman–Crippen LogP) is 1.92. The third-order valence-electron chi connectivity index (χ3n) is 6.24. The van der Waals surface area contributed by atoms with Crippen molar-refractivity contribution in [2.24, 2.45) is 27.9 Å². The van der Waals surface area contributed by atoms with E-state index in [1.807, 2.05) is 84.9 Å². The van der Waals surface area contributed by atoms with E-state index in [1.54, 1.807) is 0 Å². The fourth-order valence-corrected chi connectivity index (χ4v) is 4.44. The molecule has 0 spiro atoms. The molecular formula is C29H35N7O3. The molecular weight excluding hydrogens is 494 g/mol. The van der Waals surface area contributed by atoms with E-state index in [4.69, 9.17) is 22.9 Å². The van der Waals surface area contributed by atoms with Gasteiger partial charge in [-0.1, -0.05) is 84.9 Å². The first-order valence-corrected chi connectivity index (χ1v) is 12.6. The van der Waals surface area contributed by atoms with Crippen LogP contribution in [0.15, 0.2) is 89.9 Å². The van der Waals surface area contributed by atoms with Gasteiger partial charge in [0.1, 0.15) is 6.04 Å². The van der Waals surface area contributed by atoms with Gasteiger partial charge in [-0.3, -0.25) is 14.6 Å². The monoisotopic (exact) mass is 529 g/mol. The van der Waals surface area contributed by atoms with Crippen molar-refractivity contribution in [2.45, 2.75) is 37.9 Å². The van der Waals surface area contributed by atoms with E-state index in [9.17, 15) is 14.4 Å². The highest BCUT2D eigenvalue weighted by Crippen LogP contribution is 2.29. The Labute approximate surface area is 228 Å². The molecule has 10 nitrogen and oxygen atoms in total. The van der Waals surface area contributed by atoms with Crippen LogP contribution in [0.3, 0.4) is 0 Å². The Morgan fingerprint density at radius 1 is 0.795 bits per heavy atom. The molecule has 0 aliphatic heterocycles. The van der Waals surface area contributed by atoms with Crippen LogP contribution in [-0.4, -0.2) is 41.3 Å². The van der Waals surface area contributed by atoms with Crippen molar-refractivity contribution in [3.05, 3.63) is 107 Å². The highest BCUT2D eigenvalue weighted by atomic mass is 16.2. The topological polar surface area (TPSA) is 183 Å². The lowest BCUT2D eigenvalue weighted by atomic mass is 9.89. The molecule has 1 atom stereocenters. The van der Waals surface area contributed by atoms with Crippen molar-refractivity contribution < 1.29 is 14.4 Å². The molecule has 4 amide bonds. The number of rotatable bonds is 13. The normalized spacial score (nSPS) is 11.4. The van der Waals surface area contributed by atoms with Gasteiger partial charge in [0.05, 0.1) is 5.92 Å². The van der Waals surface area contributed by atoms with Gasteiger partial charge in [-0.2, -0.15) is 0 Å². The van der Waals surface area contributed by atoms with Crippen LogP contribution >= 0.6 is 0 Å². The van der Waals surface area contributed by atoms with Crippen LogP contribution in [0.2, 0.25) is 0 Å². The van der Waals surface area contributed by atoms with Gasteiger partial charge in [0.25, 0.3) is 0 Å². The zero-order chi connectivity index (χ0) is 28.2. The molecule has 0 fully saturated rings. The van der Waals surface area contributed by atoms with Crippen LogP contribution in [0.5, 0.6) is 0 Å². The largest absolute Gasteiger partial charge is 0.370 e. The molecule has 10 heteroatoms. The van der Waals surface area contributed by atoms with Gasteiger partial charge in [0, 0.05) is 19.6 Å². The molecule has 3 aromatic carbocycles. The molecule has 9 N–H and O–H groups in total. The second-order valence-corrected chi connectivity index (χ2v) is 9.13. The van der Waals surface area contributed by atoms with Crippen LogP contribution in [0.25, 0.3) is 0 Å². The van der Waals surface area contributed by atoms with Crippen molar-refractivity contribution in [2.75, 3.05) is 6.54 Å². The summed E-state index contributed by atoms with van der Waals surface area (Å²) in [5.74, 6) is -1.60. The Hall–Kier alpha value is -4.86. The van der Waals surface area contributed by atoms with Gasteiger partial charge in [-0.25, -0.2) is 4.79 Å². The molecule has 0 aliphatic rings. The van der Waals surface area contributed by atoms with Crippen LogP contribution in [0.4, 0.5) is 4.79 Å². The average Bonchev–Trinajstić information content (AvgIpc) is 2.92. The highest BCUT2D eigenvalue weighted by molar-refractivity contribution is 5.92. The molecule has 3 aromatic rings. The van der Waals surface area contributed by atoms with Crippen molar-refractivity contribution in [3.8, 4) is 0 Å². The molecule has 0 saturated carbocycles. The standard InChI is InChI=1S/C29H35N7O3/c30-26(37)24(15-8-16-34-28(31)32)36(19-21-10-7-9-20(17-21)18-35-29(33)39)27(38)25(22-11-3-1-4-12-22)23-13-5-2-6-14-23/h1-7,9-14,17,24-25H,8,15-16,18-19H2,(H2,30,37)(H4,31,32,34)(H3,33,35,39)/t24-/m1/s1. The summed E-state index contributed by atoms with van der Waals surface area (Å²) >= 11 is 0. The fourth-order valence-electron chi connectivity index (χ4n) is 4.44. The first kappa shape index (κ1) is 28.7. The van der Waals surface area contributed by atoms with E-state index in [-0.39, 0.29) is 31.4 Å². The third kappa shape index (κ3) is 8.60. The zero-order valence-corrected chi connectivity index (χ0v) is 21.7. The maximum atomic E-state index is 14.4. The minimum atomic E-state index is -0.908. The van der Waals surface area contributed by atoms with E-state index in [0.717, 1.165) is 22.3 Å². The van der Waals surface area contributed by atoms with Gasteiger partial charge in [0.15, 0.2) is 5.96 Å². The molecule has 0 unspecified atom stereocenters. The summed E-state index contributed by atoms with van der Waals surface area (Å²) in [6.07, 6.45) is 0.719. The number of nitrogens with one attached hydrogen (secondary N) is 1. The SMILES string of the molecule is NC(=O)NCc1cccc(CN(C(=O)C(c2ccccc2)c2ccccc2)[C@H](CCCN=C(N)N)C(N)=O)c1. The molecule has 0 aliphatic carbocycles.